The van der Waals surface area contributed by atoms with Crippen molar-refractivity contribution in [1.82, 2.24) is 14.9 Å². The van der Waals surface area contributed by atoms with Gasteiger partial charge in [-0.25, -0.2) is 9.97 Å². The SMILES string of the molecule is CN(c1cc(Cl)nc(SCC(=O)N2CCC3(CC2)OCCO3)n1)C1CCCCC1. The summed E-state index contributed by atoms with van der Waals surface area (Å²) < 4.78 is 11.5. The molecular formula is C20H29ClN4O3S. The number of likely N-dealkylation sites (tertiary alicyclic amines) is 1. The Morgan fingerprint density at radius 2 is 1.93 bits per heavy atom. The van der Waals surface area contributed by atoms with Gasteiger partial charge in [-0.1, -0.05) is 42.6 Å². The minimum Gasteiger partial charge on any atom is -0.357 e. The van der Waals surface area contributed by atoms with E-state index in [2.05, 4.69) is 21.9 Å². The molecule has 1 spiro atoms. The van der Waals surface area contributed by atoms with Crippen LogP contribution in [0.5, 0.6) is 0 Å². The van der Waals surface area contributed by atoms with Crippen LogP contribution in [0.2, 0.25) is 5.15 Å². The van der Waals surface area contributed by atoms with Gasteiger partial charge in [-0.2, -0.15) is 0 Å². The summed E-state index contributed by atoms with van der Waals surface area (Å²) in [5.74, 6) is 0.774. The van der Waals surface area contributed by atoms with Gasteiger partial charge in [0.05, 0.1) is 19.0 Å². The Hall–Kier alpha value is -1.09. The van der Waals surface area contributed by atoms with Gasteiger partial charge in [-0.05, 0) is 12.8 Å². The van der Waals surface area contributed by atoms with Gasteiger partial charge < -0.3 is 19.3 Å². The van der Waals surface area contributed by atoms with Crippen LogP contribution in [0.3, 0.4) is 0 Å². The standard InChI is InChI=1S/C20H29ClN4O3S/c1-24(15-5-3-2-4-6-15)17-13-16(21)22-19(23-17)29-14-18(26)25-9-7-20(8-10-25)27-11-12-28-20/h13,15H,2-12,14H2,1H3. The first-order valence-corrected chi connectivity index (χ1v) is 11.9. The van der Waals surface area contributed by atoms with E-state index in [0.29, 0.717) is 48.4 Å². The normalized spacial score (nSPS) is 22.2. The van der Waals surface area contributed by atoms with Gasteiger partial charge in [-0.3, -0.25) is 4.79 Å². The Labute approximate surface area is 181 Å². The number of hydrogen-bond donors (Lipinski definition) is 0. The molecule has 2 aliphatic heterocycles. The number of hydrogen-bond acceptors (Lipinski definition) is 7. The van der Waals surface area contributed by atoms with Crippen LogP contribution in [0.25, 0.3) is 0 Å². The molecule has 0 bridgehead atoms. The number of aromatic nitrogens is 2. The minimum atomic E-state index is -0.460. The number of halogens is 1. The molecule has 1 saturated carbocycles. The summed E-state index contributed by atoms with van der Waals surface area (Å²) in [6, 6.07) is 2.31. The third kappa shape index (κ3) is 5.16. The zero-order valence-corrected chi connectivity index (χ0v) is 18.5. The van der Waals surface area contributed by atoms with E-state index in [-0.39, 0.29) is 5.91 Å². The highest BCUT2D eigenvalue weighted by Gasteiger charge is 2.40. The molecule has 1 amide bonds. The first-order chi connectivity index (χ1) is 14.0. The predicted octanol–water partition coefficient (Wildman–Crippen LogP) is 3.36. The Morgan fingerprint density at radius 3 is 2.62 bits per heavy atom. The topological polar surface area (TPSA) is 67.8 Å². The fourth-order valence-electron chi connectivity index (χ4n) is 4.39. The molecule has 0 unspecified atom stereocenters. The Morgan fingerprint density at radius 1 is 1.24 bits per heavy atom. The van der Waals surface area contributed by atoms with Crippen molar-refractivity contribution in [1.29, 1.82) is 0 Å². The van der Waals surface area contributed by atoms with Crippen LogP contribution < -0.4 is 4.90 Å². The summed E-state index contributed by atoms with van der Waals surface area (Å²) in [7, 11) is 2.07. The number of carbonyl (C=O) groups is 1. The number of amides is 1. The molecule has 160 valence electrons. The lowest BCUT2D eigenvalue weighted by atomic mass is 9.94. The van der Waals surface area contributed by atoms with Crippen molar-refractivity contribution >= 4 is 35.1 Å². The molecule has 3 heterocycles. The summed E-state index contributed by atoms with van der Waals surface area (Å²) in [5.41, 5.74) is 0. The van der Waals surface area contributed by atoms with E-state index in [9.17, 15) is 4.79 Å². The molecule has 0 radical (unpaired) electrons. The molecule has 2 saturated heterocycles. The molecule has 0 N–H and O–H groups in total. The van der Waals surface area contributed by atoms with E-state index in [0.717, 1.165) is 18.7 Å². The van der Waals surface area contributed by atoms with Crippen molar-refractivity contribution in [3.8, 4) is 0 Å². The van der Waals surface area contributed by atoms with E-state index in [1.165, 1.54) is 43.9 Å². The van der Waals surface area contributed by atoms with Gasteiger partial charge >= 0.3 is 0 Å². The van der Waals surface area contributed by atoms with Gasteiger partial charge in [0.15, 0.2) is 10.9 Å². The van der Waals surface area contributed by atoms with Crippen molar-refractivity contribution < 1.29 is 14.3 Å². The first kappa shape index (κ1) is 21.2. The Kier molecular flexibility index (Phi) is 6.83. The number of ether oxygens (including phenoxy) is 2. The number of nitrogens with zero attached hydrogens (tertiary/aromatic N) is 4. The van der Waals surface area contributed by atoms with Crippen molar-refractivity contribution in [3.63, 3.8) is 0 Å². The maximum Gasteiger partial charge on any atom is 0.233 e. The van der Waals surface area contributed by atoms with E-state index in [4.69, 9.17) is 21.1 Å². The molecule has 1 aromatic heterocycles. The third-order valence-corrected chi connectivity index (χ3v) is 7.19. The van der Waals surface area contributed by atoms with E-state index >= 15 is 0 Å². The number of thioether (sulfide) groups is 1. The van der Waals surface area contributed by atoms with E-state index in [1.54, 1.807) is 0 Å². The van der Waals surface area contributed by atoms with E-state index < -0.39 is 5.79 Å². The molecule has 0 atom stereocenters. The summed E-state index contributed by atoms with van der Waals surface area (Å²) in [5, 5.41) is 0.975. The van der Waals surface area contributed by atoms with Gasteiger partial charge in [0.2, 0.25) is 5.91 Å². The Bertz CT molecular complexity index is 716. The molecule has 29 heavy (non-hydrogen) atoms. The fourth-order valence-corrected chi connectivity index (χ4v) is 5.37. The zero-order chi connectivity index (χ0) is 20.3. The average molecular weight is 441 g/mol. The van der Waals surface area contributed by atoms with Crippen LogP contribution in [-0.2, 0) is 14.3 Å². The molecule has 0 aromatic carbocycles. The molecule has 3 fully saturated rings. The number of anilines is 1. The lowest BCUT2D eigenvalue weighted by Gasteiger charge is -2.37. The van der Waals surface area contributed by atoms with Crippen LogP contribution in [0.15, 0.2) is 11.2 Å². The molecule has 9 heteroatoms. The molecule has 1 aliphatic carbocycles. The summed E-state index contributed by atoms with van der Waals surface area (Å²) in [4.78, 5) is 25.7. The third-order valence-electron chi connectivity index (χ3n) is 6.16. The minimum absolute atomic E-state index is 0.0913. The highest BCUT2D eigenvalue weighted by atomic mass is 35.5. The van der Waals surface area contributed by atoms with Crippen LogP contribution in [0, 0.1) is 0 Å². The van der Waals surface area contributed by atoms with Crippen LogP contribution in [0.4, 0.5) is 5.82 Å². The fraction of sp³-hybridized carbons (Fsp3) is 0.750. The van der Waals surface area contributed by atoms with Crippen molar-refractivity contribution in [2.75, 3.05) is 44.0 Å². The van der Waals surface area contributed by atoms with Crippen molar-refractivity contribution in [2.45, 2.75) is 61.9 Å². The quantitative estimate of drug-likeness (QED) is 0.395. The second-order valence-electron chi connectivity index (χ2n) is 8.01. The lowest BCUT2D eigenvalue weighted by molar-refractivity contribution is -0.186. The second-order valence-corrected chi connectivity index (χ2v) is 9.34. The van der Waals surface area contributed by atoms with Crippen molar-refractivity contribution in [2.24, 2.45) is 0 Å². The van der Waals surface area contributed by atoms with E-state index in [1.807, 2.05) is 11.0 Å². The first-order valence-electron chi connectivity index (χ1n) is 10.5. The lowest BCUT2D eigenvalue weighted by Crippen LogP contribution is -2.47. The number of piperidine rings is 1. The van der Waals surface area contributed by atoms with Crippen LogP contribution >= 0.6 is 23.4 Å². The number of carbonyl (C=O) groups excluding carboxylic acids is 1. The van der Waals surface area contributed by atoms with Gasteiger partial charge in [0.1, 0.15) is 11.0 Å². The van der Waals surface area contributed by atoms with Crippen LogP contribution in [-0.4, -0.2) is 71.7 Å². The monoisotopic (exact) mass is 440 g/mol. The maximum absolute atomic E-state index is 12.7. The summed E-state index contributed by atoms with van der Waals surface area (Å²) in [6.07, 6.45) is 7.66. The van der Waals surface area contributed by atoms with Crippen LogP contribution in [0.1, 0.15) is 44.9 Å². The summed E-state index contributed by atoms with van der Waals surface area (Å²) in [6.45, 7) is 2.61. The van der Waals surface area contributed by atoms with Gasteiger partial charge in [0, 0.05) is 45.1 Å². The van der Waals surface area contributed by atoms with Gasteiger partial charge in [0.25, 0.3) is 0 Å². The molecule has 4 rings (SSSR count). The second kappa shape index (κ2) is 9.37. The van der Waals surface area contributed by atoms with Gasteiger partial charge in [-0.15, -0.1) is 0 Å². The molecule has 7 nitrogen and oxygen atoms in total. The zero-order valence-electron chi connectivity index (χ0n) is 16.9. The average Bonchev–Trinajstić information content (AvgIpc) is 3.20. The molecular weight excluding hydrogens is 412 g/mol. The highest BCUT2D eigenvalue weighted by Crippen LogP contribution is 2.32. The summed E-state index contributed by atoms with van der Waals surface area (Å²) >= 11 is 7.60. The number of rotatable bonds is 5. The Balaban J connectivity index is 1.32. The maximum atomic E-state index is 12.7. The van der Waals surface area contributed by atoms with Crippen molar-refractivity contribution in [3.05, 3.63) is 11.2 Å². The molecule has 3 aliphatic rings. The largest absolute Gasteiger partial charge is 0.357 e. The predicted molar refractivity (Wildman–Crippen MR) is 113 cm³/mol. The smallest absolute Gasteiger partial charge is 0.233 e. The highest BCUT2D eigenvalue weighted by molar-refractivity contribution is 7.99. The molecule has 1 aromatic rings.